The monoisotopic (exact) mass is 477 g/mol. The highest BCUT2D eigenvalue weighted by Crippen LogP contribution is 2.38. The highest BCUT2D eigenvalue weighted by molar-refractivity contribution is 5.58. The van der Waals surface area contributed by atoms with Crippen LogP contribution < -0.4 is 15.0 Å². The molecule has 2 heterocycles. The van der Waals surface area contributed by atoms with E-state index in [0.717, 1.165) is 76.2 Å². The highest BCUT2D eigenvalue weighted by atomic mass is 19.4. The molecule has 1 saturated carbocycles. The lowest BCUT2D eigenvalue weighted by molar-refractivity contribution is -0.137. The Balaban J connectivity index is 1.30. The Hall–Kier alpha value is -2.88. The van der Waals surface area contributed by atoms with Gasteiger partial charge in [0.2, 0.25) is 5.88 Å². The molecule has 34 heavy (non-hydrogen) atoms. The first-order valence-corrected chi connectivity index (χ1v) is 11.8. The van der Waals surface area contributed by atoms with Crippen molar-refractivity contribution in [1.82, 2.24) is 9.88 Å². The van der Waals surface area contributed by atoms with Gasteiger partial charge in [0.1, 0.15) is 11.8 Å². The van der Waals surface area contributed by atoms with Crippen LogP contribution in [0.5, 0.6) is 5.88 Å². The van der Waals surface area contributed by atoms with Crippen molar-refractivity contribution in [3.63, 3.8) is 0 Å². The molecule has 10 heteroatoms. The first-order chi connectivity index (χ1) is 16.4. The van der Waals surface area contributed by atoms with Crippen LogP contribution in [-0.2, 0) is 6.18 Å². The van der Waals surface area contributed by atoms with Gasteiger partial charge >= 0.3 is 6.18 Å². The quantitative estimate of drug-likeness (QED) is 0.536. The maximum atomic E-state index is 13.2. The van der Waals surface area contributed by atoms with Gasteiger partial charge in [0.15, 0.2) is 0 Å². The average Bonchev–Trinajstić information content (AvgIpc) is 2.85. The van der Waals surface area contributed by atoms with Gasteiger partial charge in [0.05, 0.1) is 5.56 Å². The van der Waals surface area contributed by atoms with E-state index in [2.05, 4.69) is 32.2 Å². The Morgan fingerprint density at radius 3 is 2.47 bits per heavy atom. The molecule has 2 aromatic rings. The van der Waals surface area contributed by atoms with Gasteiger partial charge in [0.25, 0.3) is 0 Å². The second-order valence-corrected chi connectivity index (χ2v) is 8.83. The number of ether oxygens (including phenoxy) is 1. The van der Waals surface area contributed by atoms with E-state index >= 15 is 0 Å². The fourth-order valence-electron chi connectivity index (χ4n) is 4.65. The van der Waals surface area contributed by atoms with Gasteiger partial charge < -0.3 is 19.9 Å². The van der Waals surface area contributed by atoms with Crippen LogP contribution in [0.1, 0.15) is 38.2 Å². The summed E-state index contributed by atoms with van der Waals surface area (Å²) in [5, 5.41) is 5.66. The molecule has 1 N–H and O–H groups in total. The fourth-order valence-corrected chi connectivity index (χ4v) is 4.65. The van der Waals surface area contributed by atoms with Gasteiger partial charge in [0, 0.05) is 55.9 Å². The number of hydrogen-bond acceptors (Lipinski definition) is 7. The third kappa shape index (κ3) is 5.97. The molecule has 0 bridgehead atoms. The van der Waals surface area contributed by atoms with E-state index in [1.807, 2.05) is 12.1 Å². The molecule has 4 rings (SSSR count). The van der Waals surface area contributed by atoms with Crippen molar-refractivity contribution < 1.29 is 17.9 Å². The standard InChI is InChI=1S/C24H30F3N5O2/c1-2-31-11-13-32(14-12-31)19-9-10-28-23(16-19)34-20-6-3-17(4-7-20)29-18-5-8-22(30-33)21(15-18)24(25,26)27/h5,8-10,15-17,20,29H,2-4,6-7,11-14H2,1H3/t17-,20-. The molecule has 1 saturated heterocycles. The zero-order chi connectivity index (χ0) is 24.1. The third-order valence-electron chi connectivity index (χ3n) is 6.64. The minimum absolute atomic E-state index is 0.0186. The molecule has 0 spiro atoms. The smallest absolute Gasteiger partial charge is 0.418 e. The van der Waals surface area contributed by atoms with Gasteiger partial charge in [-0.1, -0.05) is 6.92 Å². The van der Waals surface area contributed by atoms with Crippen LogP contribution in [0.3, 0.4) is 0 Å². The third-order valence-corrected chi connectivity index (χ3v) is 6.64. The molecule has 0 radical (unpaired) electrons. The predicted octanol–water partition coefficient (Wildman–Crippen LogP) is 5.44. The minimum atomic E-state index is -4.63. The van der Waals surface area contributed by atoms with Crippen molar-refractivity contribution in [3.05, 3.63) is 47.0 Å². The second kappa shape index (κ2) is 10.6. The van der Waals surface area contributed by atoms with Crippen molar-refractivity contribution >= 4 is 17.1 Å². The molecule has 1 aliphatic carbocycles. The molecule has 1 aliphatic heterocycles. The molecule has 0 unspecified atom stereocenters. The molecule has 0 atom stereocenters. The van der Waals surface area contributed by atoms with E-state index in [-0.39, 0.29) is 12.1 Å². The van der Waals surface area contributed by atoms with Crippen LogP contribution in [-0.4, -0.2) is 54.8 Å². The molecule has 1 aromatic heterocycles. The zero-order valence-corrected chi connectivity index (χ0v) is 19.2. The minimum Gasteiger partial charge on any atom is -0.474 e. The summed E-state index contributed by atoms with van der Waals surface area (Å²) < 4.78 is 45.7. The van der Waals surface area contributed by atoms with Gasteiger partial charge in [-0.3, -0.25) is 0 Å². The molecule has 1 aromatic carbocycles. The summed E-state index contributed by atoms with van der Waals surface area (Å²) in [6.45, 7) is 7.30. The normalized spacial score (nSPS) is 21.8. The number of anilines is 2. The molecule has 7 nitrogen and oxygen atoms in total. The maximum Gasteiger partial charge on any atom is 0.418 e. The number of rotatable bonds is 7. The van der Waals surface area contributed by atoms with Crippen molar-refractivity contribution in [2.24, 2.45) is 5.18 Å². The number of likely N-dealkylation sites (N-methyl/N-ethyl adjacent to an activating group) is 1. The number of alkyl halides is 3. The second-order valence-electron chi connectivity index (χ2n) is 8.83. The molecule has 2 fully saturated rings. The van der Waals surface area contributed by atoms with Crippen LogP contribution in [0.25, 0.3) is 0 Å². The van der Waals surface area contributed by atoms with Crippen molar-refractivity contribution in [3.8, 4) is 5.88 Å². The lowest BCUT2D eigenvalue weighted by Gasteiger charge is -2.35. The lowest BCUT2D eigenvalue weighted by Crippen LogP contribution is -2.46. The Morgan fingerprint density at radius 2 is 1.82 bits per heavy atom. The van der Waals surface area contributed by atoms with Crippen LogP contribution in [0.15, 0.2) is 41.7 Å². The summed E-state index contributed by atoms with van der Waals surface area (Å²) in [4.78, 5) is 19.9. The summed E-state index contributed by atoms with van der Waals surface area (Å²) in [5.41, 5.74) is -0.171. The zero-order valence-electron chi connectivity index (χ0n) is 19.2. The number of pyridine rings is 1. The highest BCUT2D eigenvalue weighted by Gasteiger charge is 2.34. The van der Waals surface area contributed by atoms with E-state index in [1.54, 1.807) is 6.20 Å². The number of nitrogens with zero attached hydrogens (tertiary/aromatic N) is 4. The number of nitroso groups, excluding NO2 is 1. The van der Waals surface area contributed by atoms with Gasteiger partial charge in [-0.15, -0.1) is 4.91 Å². The number of benzene rings is 1. The number of halogens is 3. The Morgan fingerprint density at radius 1 is 1.09 bits per heavy atom. The van der Waals surface area contributed by atoms with Crippen LogP contribution in [0.2, 0.25) is 0 Å². The van der Waals surface area contributed by atoms with Crippen LogP contribution in [0.4, 0.5) is 30.2 Å². The molecule has 0 amide bonds. The maximum absolute atomic E-state index is 13.2. The topological polar surface area (TPSA) is 70.1 Å². The number of piperazine rings is 1. The molecular weight excluding hydrogens is 447 g/mol. The van der Waals surface area contributed by atoms with E-state index in [9.17, 15) is 18.1 Å². The van der Waals surface area contributed by atoms with Gasteiger partial charge in [-0.25, -0.2) is 4.98 Å². The van der Waals surface area contributed by atoms with Gasteiger partial charge in [-0.2, -0.15) is 13.2 Å². The molecule has 184 valence electrons. The first-order valence-electron chi connectivity index (χ1n) is 11.8. The van der Waals surface area contributed by atoms with E-state index in [1.165, 1.54) is 6.07 Å². The largest absolute Gasteiger partial charge is 0.474 e. The summed E-state index contributed by atoms with van der Waals surface area (Å²) in [7, 11) is 0. The van der Waals surface area contributed by atoms with Gasteiger partial charge in [-0.05, 0) is 61.7 Å². The average molecular weight is 478 g/mol. The SMILES string of the molecule is CCN1CCN(c2ccnc(O[C@H]3CC[C@H](Nc4ccc(N=O)c(C(F)(F)F)c4)CC3)c2)CC1. The predicted molar refractivity (Wildman–Crippen MR) is 126 cm³/mol. The number of nitrogens with one attached hydrogen (secondary N) is 1. The summed E-state index contributed by atoms with van der Waals surface area (Å²) in [6, 6.07) is 7.56. The van der Waals surface area contributed by atoms with E-state index in [4.69, 9.17) is 4.74 Å². The lowest BCUT2D eigenvalue weighted by atomic mass is 9.92. The van der Waals surface area contributed by atoms with Crippen LogP contribution >= 0.6 is 0 Å². The summed E-state index contributed by atoms with van der Waals surface area (Å²) >= 11 is 0. The molecular formula is C24H30F3N5O2. The van der Waals surface area contributed by atoms with E-state index in [0.29, 0.717) is 11.6 Å². The number of aromatic nitrogens is 1. The first kappa shape index (κ1) is 24.3. The number of hydrogen-bond donors (Lipinski definition) is 1. The Kier molecular flexibility index (Phi) is 7.55. The Labute approximate surface area is 197 Å². The Bertz CT molecular complexity index is 971. The molecule has 2 aliphatic rings. The van der Waals surface area contributed by atoms with Crippen molar-refractivity contribution in [2.75, 3.05) is 42.9 Å². The van der Waals surface area contributed by atoms with Crippen LogP contribution in [0, 0.1) is 4.91 Å². The summed E-state index contributed by atoms with van der Waals surface area (Å²) in [6.07, 6.45) is 0.247. The van der Waals surface area contributed by atoms with E-state index < -0.39 is 17.4 Å². The summed E-state index contributed by atoms with van der Waals surface area (Å²) in [5.74, 6) is 0.610. The van der Waals surface area contributed by atoms with Crippen molar-refractivity contribution in [1.29, 1.82) is 0 Å². The van der Waals surface area contributed by atoms with Crippen molar-refractivity contribution in [2.45, 2.75) is 50.9 Å². The fraction of sp³-hybridized carbons (Fsp3) is 0.542.